The zero-order chi connectivity index (χ0) is 13.2. The van der Waals surface area contributed by atoms with Gasteiger partial charge in [0.05, 0.1) is 15.9 Å². The Labute approximate surface area is 113 Å². The molecule has 1 aromatic rings. The number of aromatic nitrogens is 2. The number of hydrogen-bond acceptors (Lipinski definition) is 2. The molecule has 1 rings (SSSR count). The van der Waals surface area contributed by atoms with E-state index in [9.17, 15) is 0 Å². The van der Waals surface area contributed by atoms with Crippen LogP contribution in [0.25, 0.3) is 0 Å². The first-order valence-corrected chi connectivity index (χ1v) is 7.03. The smallest absolute Gasteiger partial charge is 0.0738 e. The van der Waals surface area contributed by atoms with Gasteiger partial charge in [0.1, 0.15) is 0 Å². The molecule has 0 aliphatic carbocycles. The number of aryl methyl sites for hydroxylation is 2. The SMILES string of the molecule is CCn1nc(C)c(Br)c1CC(C)(C)CC(C)N. The summed E-state index contributed by atoms with van der Waals surface area (Å²) in [5.74, 6) is 0. The lowest BCUT2D eigenvalue weighted by atomic mass is 9.82. The summed E-state index contributed by atoms with van der Waals surface area (Å²) in [5.41, 5.74) is 8.47. The first-order chi connectivity index (χ1) is 7.76. The van der Waals surface area contributed by atoms with Gasteiger partial charge in [-0.25, -0.2) is 0 Å². The van der Waals surface area contributed by atoms with Gasteiger partial charge in [-0.05, 0) is 55.0 Å². The zero-order valence-corrected chi connectivity index (χ0v) is 13.1. The molecular weight excluding hydrogens is 278 g/mol. The fraction of sp³-hybridized carbons (Fsp3) is 0.769. The van der Waals surface area contributed by atoms with Gasteiger partial charge in [0.2, 0.25) is 0 Å². The van der Waals surface area contributed by atoms with Crippen LogP contribution in [-0.4, -0.2) is 15.8 Å². The summed E-state index contributed by atoms with van der Waals surface area (Å²) in [7, 11) is 0. The average molecular weight is 302 g/mol. The third kappa shape index (κ3) is 3.81. The van der Waals surface area contributed by atoms with Crippen molar-refractivity contribution >= 4 is 15.9 Å². The maximum Gasteiger partial charge on any atom is 0.0738 e. The maximum absolute atomic E-state index is 5.91. The molecule has 0 aromatic carbocycles. The van der Waals surface area contributed by atoms with Crippen LogP contribution in [0.5, 0.6) is 0 Å². The molecule has 0 saturated carbocycles. The molecule has 0 amide bonds. The van der Waals surface area contributed by atoms with E-state index in [0.717, 1.165) is 29.6 Å². The highest BCUT2D eigenvalue weighted by Gasteiger charge is 2.24. The van der Waals surface area contributed by atoms with Crippen molar-refractivity contribution in [3.63, 3.8) is 0 Å². The largest absolute Gasteiger partial charge is 0.328 e. The van der Waals surface area contributed by atoms with Gasteiger partial charge in [0, 0.05) is 12.6 Å². The van der Waals surface area contributed by atoms with Crippen LogP contribution >= 0.6 is 15.9 Å². The predicted molar refractivity (Wildman–Crippen MR) is 76.1 cm³/mol. The topological polar surface area (TPSA) is 43.8 Å². The van der Waals surface area contributed by atoms with Gasteiger partial charge in [0.15, 0.2) is 0 Å². The van der Waals surface area contributed by atoms with Crippen LogP contribution in [0.15, 0.2) is 4.47 Å². The quantitative estimate of drug-likeness (QED) is 0.907. The highest BCUT2D eigenvalue weighted by atomic mass is 79.9. The fourth-order valence-electron chi connectivity index (χ4n) is 2.43. The summed E-state index contributed by atoms with van der Waals surface area (Å²) >= 11 is 3.65. The monoisotopic (exact) mass is 301 g/mol. The highest BCUT2D eigenvalue weighted by molar-refractivity contribution is 9.10. The second-order valence-corrected chi connectivity index (χ2v) is 6.48. The van der Waals surface area contributed by atoms with Crippen LogP contribution in [0.1, 0.15) is 45.5 Å². The van der Waals surface area contributed by atoms with Crippen molar-refractivity contribution in [3.8, 4) is 0 Å². The lowest BCUT2D eigenvalue weighted by Gasteiger charge is -2.27. The zero-order valence-electron chi connectivity index (χ0n) is 11.5. The third-order valence-corrected chi connectivity index (χ3v) is 4.00. The summed E-state index contributed by atoms with van der Waals surface area (Å²) in [6.45, 7) is 11.7. The van der Waals surface area contributed by atoms with E-state index in [0.29, 0.717) is 0 Å². The second-order valence-electron chi connectivity index (χ2n) is 5.68. The van der Waals surface area contributed by atoms with Crippen LogP contribution < -0.4 is 5.73 Å². The Hall–Kier alpha value is -0.350. The molecule has 2 N–H and O–H groups in total. The standard InChI is InChI=1S/C13H24BrN3/c1-6-17-11(12(14)10(3)16-17)8-13(4,5)7-9(2)15/h9H,6-8,15H2,1-5H3. The van der Waals surface area contributed by atoms with E-state index < -0.39 is 0 Å². The molecule has 0 aliphatic rings. The molecule has 1 heterocycles. The molecule has 3 nitrogen and oxygen atoms in total. The Kier molecular flexibility index (Phi) is 4.78. The molecule has 4 heteroatoms. The Bertz CT molecular complexity index is 380. The average Bonchev–Trinajstić information content (AvgIpc) is 2.43. The van der Waals surface area contributed by atoms with E-state index in [-0.39, 0.29) is 11.5 Å². The summed E-state index contributed by atoms with van der Waals surface area (Å²) in [6.07, 6.45) is 2.02. The Morgan fingerprint density at radius 2 is 2.06 bits per heavy atom. The van der Waals surface area contributed by atoms with Crippen molar-refractivity contribution in [2.45, 2.75) is 60.0 Å². The summed E-state index contributed by atoms with van der Waals surface area (Å²) in [5, 5.41) is 4.53. The molecule has 98 valence electrons. The molecule has 0 fully saturated rings. The lowest BCUT2D eigenvalue weighted by Crippen LogP contribution is -2.27. The number of hydrogen-bond donors (Lipinski definition) is 1. The van der Waals surface area contributed by atoms with E-state index in [1.807, 2.05) is 6.92 Å². The van der Waals surface area contributed by atoms with Crippen molar-refractivity contribution in [3.05, 3.63) is 15.9 Å². The Balaban J connectivity index is 2.94. The van der Waals surface area contributed by atoms with Crippen molar-refractivity contribution in [2.75, 3.05) is 0 Å². The predicted octanol–water partition coefficient (Wildman–Crippen LogP) is 3.28. The second kappa shape index (κ2) is 5.53. The maximum atomic E-state index is 5.91. The van der Waals surface area contributed by atoms with Crippen LogP contribution in [0.2, 0.25) is 0 Å². The first kappa shape index (κ1) is 14.7. The minimum Gasteiger partial charge on any atom is -0.328 e. The third-order valence-electron chi connectivity index (χ3n) is 2.97. The summed E-state index contributed by atoms with van der Waals surface area (Å²) < 4.78 is 3.24. The van der Waals surface area contributed by atoms with Gasteiger partial charge in [-0.15, -0.1) is 0 Å². The van der Waals surface area contributed by atoms with Gasteiger partial charge < -0.3 is 5.73 Å². The van der Waals surface area contributed by atoms with Crippen LogP contribution in [0.3, 0.4) is 0 Å². The summed E-state index contributed by atoms with van der Waals surface area (Å²) in [4.78, 5) is 0. The van der Waals surface area contributed by atoms with Crippen LogP contribution in [0.4, 0.5) is 0 Å². The van der Waals surface area contributed by atoms with E-state index in [2.05, 4.69) is 53.4 Å². The van der Waals surface area contributed by atoms with Gasteiger partial charge in [0.25, 0.3) is 0 Å². The minimum absolute atomic E-state index is 0.204. The van der Waals surface area contributed by atoms with E-state index in [4.69, 9.17) is 5.73 Å². The number of halogens is 1. The van der Waals surface area contributed by atoms with E-state index in [1.165, 1.54) is 5.69 Å². The minimum atomic E-state index is 0.204. The Morgan fingerprint density at radius 3 is 2.53 bits per heavy atom. The molecule has 0 bridgehead atoms. The van der Waals surface area contributed by atoms with Crippen molar-refractivity contribution in [2.24, 2.45) is 11.1 Å². The van der Waals surface area contributed by atoms with Crippen LogP contribution in [-0.2, 0) is 13.0 Å². The lowest BCUT2D eigenvalue weighted by molar-refractivity contribution is 0.300. The summed E-state index contributed by atoms with van der Waals surface area (Å²) in [6, 6.07) is 0.239. The molecule has 0 saturated heterocycles. The van der Waals surface area contributed by atoms with Gasteiger partial charge in [-0.1, -0.05) is 13.8 Å². The Morgan fingerprint density at radius 1 is 1.47 bits per heavy atom. The molecule has 0 spiro atoms. The number of rotatable bonds is 5. The number of nitrogens with zero attached hydrogens (tertiary/aromatic N) is 2. The van der Waals surface area contributed by atoms with Crippen molar-refractivity contribution in [1.82, 2.24) is 9.78 Å². The van der Waals surface area contributed by atoms with Gasteiger partial charge in [-0.2, -0.15) is 5.10 Å². The molecule has 1 atom stereocenters. The van der Waals surface area contributed by atoms with Crippen molar-refractivity contribution in [1.29, 1.82) is 0 Å². The molecule has 17 heavy (non-hydrogen) atoms. The highest BCUT2D eigenvalue weighted by Crippen LogP contribution is 2.31. The van der Waals surface area contributed by atoms with E-state index >= 15 is 0 Å². The molecule has 1 aromatic heterocycles. The molecular formula is C13H24BrN3. The van der Waals surface area contributed by atoms with Crippen molar-refractivity contribution < 1.29 is 0 Å². The van der Waals surface area contributed by atoms with Gasteiger partial charge >= 0.3 is 0 Å². The first-order valence-electron chi connectivity index (χ1n) is 6.24. The number of nitrogens with two attached hydrogens (primary N) is 1. The molecule has 0 aliphatic heterocycles. The molecule has 0 radical (unpaired) electrons. The van der Waals surface area contributed by atoms with Crippen LogP contribution in [0, 0.1) is 12.3 Å². The normalized spacial score (nSPS) is 14.1. The molecule has 1 unspecified atom stereocenters. The van der Waals surface area contributed by atoms with E-state index in [1.54, 1.807) is 0 Å². The fourth-order valence-corrected chi connectivity index (χ4v) is 2.86. The van der Waals surface area contributed by atoms with Gasteiger partial charge in [-0.3, -0.25) is 4.68 Å².